The number of aliphatic hydroxyl groups excluding tert-OH is 1. The summed E-state index contributed by atoms with van der Waals surface area (Å²) in [5.74, 6) is 0. The predicted molar refractivity (Wildman–Crippen MR) is 78.5 cm³/mol. The minimum absolute atomic E-state index is 0.0920. The van der Waals surface area contributed by atoms with Gasteiger partial charge in [0.15, 0.2) is 5.16 Å². The maximum atomic E-state index is 9.62. The van der Waals surface area contributed by atoms with E-state index >= 15 is 0 Å². The first-order valence-electron chi connectivity index (χ1n) is 6.92. The van der Waals surface area contributed by atoms with E-state index in [1.165, 1.54) is 0 Å². The molecule has 1 aliphatic rings. The highest BCUT2D eigenvalue weighted by Crippen LogP contribution is 2.39. The van der Waals surface area contributed by atoms with E-state index in [4.69, 9.17) is 0 Å². The Morgan fingerprint density at radius 1 is 1.42 bits per heavy atom. The summed E-state index contributed by atoms with van der Waals surface area (Å²) < 4.78 is 0. The first-order chi connectivity index (χ1) is 9.07. The van der Waals surface area contributed by atoms with E-state index in [1.807, 2.05) is 19.9 Å². The molecule has 0 aromatic carbocycles. The Balaban J connectivity index is 2.01. The van der Waals surface area contributed by atoms with Gasteiger partial charge in [-0.3, -0.25) is 0 Å². The van der Waals surface area contributed by atoms with E-state index in [0.717, 1.165) is 42.4 Å². The fourth-order valence-corrected chi connectivity index (χ4v) is 4.14. The standard InChI is InChI=1S/C14H23N3OS/c1-4-15-14(9-18)6-5-12(8-14)19-13-16-10(2)7-11(3)17-13/h7,12,15,18H,4-6,8-9H2,1-3H3. The lowest BCUT2D eigenvalue weighted by atomic mass is 9.99. The molecule has 1 aromatic heterocycles. The molecule has 1 fully saturated rings. The molecule has 1 heterocycles. The van der Waals surface area contributed by atoms with E-state index in [9.17, 15) is 5.11 Å². The highest BCUT2D eigenvalue weighted by molar-refractivity contribution is 7.99. The van der Waals surface area contributed by atoms with E-state index in [-0.39, 0.29) is 12.1 Å². The summed E-state index contributed by atoms with van der Waals surface area (Å²) in [6.45, 7) is 7.21. The van der Waals surface area contributed by atoms with E-state index in [1.54, 1.807) is 11.8 Å². The molecule has 4 nitrogen and oxygen atoms in total. The summed E-state index contributed by atoms with van der Waals surface area (Å²) in [5, 5.41) is 14.4. The van der Waals surface area contributed by atoms with Crippen molar-refractivity contribution < 1.29 is 5.11 Å². The Labute approximate surface area is 119 Å². The predicted octanol–water partition coefficient (Wildman–Crippen LogP) is 2.08. The summed E-state index contributed by atoms with van der Waals surface area (Å²) in [7, 11) is 0. The van der Waals surface area contributed by atoms with Crippen LogP contribution in [0.3, 0.4) is 0 Å². The van der Waals surface area contributed by atoms with Gasteiger partial charge in [-0.15, -0.1) is 0 Å². The summed E-state index contributed by atoms with van der Waals surface area (Å²) in [6.07, 6.45) is 3.12. The third-order valence-corrected chi connectivity index (χ3v) is 4.78. The number of aromatic nitrogens is 2. The van der Waals surface area contributed by atoms with E-state index in [0.29, 0.717) is 5.25 Å². The topological polar surface area (TPSA) is 58.0 Å². The second-order valence-electron chi connectivity index (χ2n) is 5.38. The largest absolute Gasteiger partial charge is 0.394 e. The number of aryl methyl sites for hydroxylation is 2. The van der Waals surface area contributed by atoms with Crippen molar-refractivity contribution in [2.75, 3.05) is 13.2 Å². The number of hydrogen-bond donors (Lipinski definition) is 2. The molecule has 106 valence electrons. The first kappa shape index (κ1) is 14.8. The monoisotopic (exact) mass is 281 g/mol. The van der Waals surface area contributed by atoms with Crippen LogP contribution in [0.5, 0.6) is 0 Å². The lowest BCUT2D eigenvalue weighted by molar-refractivity contribution is 0.167. The number of nitrogens with one attached hydrogen (secondary N) is 1. The van der Waals surface area contributed by atoms with Gasteiger partial charge in [0.25, 0.3) is 0 Å². The number of hydrogen-bond acceptors (Lipinski definition) is 5. The van der Waals surface area contributed by atoms with Gasteiger partial charge in [-0.25, -0.2) is 9.97 Å². The minimum atomic E-state index is -0.0920. The SMILES string of the molecule is CCNC1(CO)CCC(Sc2nc(C)cc(C)n2)C1. The number of rotatable bonds is 5. The highest BCUT2D eigenvalue weighted by atomic mass is 32.2. The Morgan fingerprint density at radius 2 is 2.11 bits per heavy atom. The van der Waals surface area contributed by atoms with Gasteiger partial charge in [0.1, 0.15) is 0 Å². The van der Waals surface area contributed by atoms with Crippen molar-refractivity contribution >= 4 is 11.8 Å². The molecule has 2 rings (SSSR count). The average molecular weight is 281 g/mol. The maximum Gasteiger partial charge on any atom is 0.188 e. The first-order valence-corrected chi connectivity index (χ1v) is 7.80. The third kappa shape index (κ3) is 3.68. The lowest BCUT2D eigenvalue weighted by Crippen LogP contribution is -2.46. The highest BCUT2D eigenvalue weighted by Gasteiger charge is 2.38. The van der Waals surface area contributed by atoms with E-state index < -0.39 is 0 Å². The smallest absolute Gasteiger partial charge is 0.188 e. The molecule has 19 heavy (non-hydrogen) atoms. The van der Waals surface area contributed by atoms with Crippen molar-refractivity contribution in [3.63, 3.8) is 0 Å². The van der Waals surface area contributed by atoms with Gasteiger partial charge in [0, 0.05) is 22.2 Å². The summed E-state index contributed by atoms with van der Waals surface area (Å²) in [6, 6.07) is 2.00. The van der Waals surface area contributed by atoms with Crippen LogP contribution in [0, 0.1) is 13.8 Å². The van der Waals surface area contributed by atoms with Gasteiger partial charge in [0.2, 0.25) is 0 Å². The molecular formula is C14H23N3OS. The number of likely N-dealkylation sites (N-methyl/N-ethyl adjacent to an activating group) is 1. The summed E-state index contributed by atoms with van der Waals surface area (Å²) in [4.78, 5) is 8.97. The van der Waals surface area contributed by atoms with Crippen molar-refractivity contribution in [1.29, 1.82) is 0 Å². The molecule has 0 amide bonds. The number of nitrogens with zero attached hydrogens (tertiary/aromatic N) is 2. The third-order valence-electron chi connectivity index (χ3n) is 3.65. The summed E-state index contributed by atoms with van der Waals surface area (Å²) >= 11 is 1.75. The molecule has 2 unspecified atom stereocenters. The van der Waals surface area contributed by atoms with Crippen LogP contribution in [-0.2, 0) is 0 Å². The molecule has 2 N–H and O–H groups in total. The zero-order valence-corrected chi connectivity index (χ0v) is 12.8. The molecule has 5 heteroatoms. The Morgan fingerprint density at radius 3 is 2.68 bits per heavy atom. The number of thioether (sulfide) groups is 1. The Hall–Kier alpha value is -0.650. The second kappa shape index (κ2) is 6.20. The number of aliphatic hydroxyl groups is 1. The van der Waals surface area contributed by atoms with Crippen LogP contribution in [-0.4, -0.2) is 39.0 Å². The molecular weight excluding hydrogens is 258 g/mol. The van der Waals surface area contributed by atoms with Crippen LogP contribution in [0.2, 0.25) is 0 Å². The lowest BCUT2D eigenvalue weighted by Gasteiger charge is -2.27. The molecule has 1 saturated carbocycles. The van der Waals surface area contributed by atoms with Crippen molar-refractivity contribution in [3.8, 4) is 0 Å². The van der Waals surface area contributed by atoms with Crippen molar-refractivity contribution in [2.24, 2.45) is 0 Å². The van der Waals surface area contributed by atoms with Crippen molar-refractivity contribution in [3.05, 3.63) is 17.5 Å². The molecule has 1 aliphatic carbocycles. The van der Waals surface area contributed by atoms with Gasteiger partial charge < -0.3 is 10.4 Å². The van der Waals surface area contributed by atoms with Crippen molar-refractivity contribution in [1.82, 2.24) is 15.3 Å². The zero-order valence-electron chi connectivity index (χ0n) is 11.9. The van der Waals surface area contributed by atoms with Crippen LogP contribution in [0.15, 0.2) is 11.2 Å². The Kier molecular flexibility index (Phi) is 4.81. The Bertz CT molecular complexity index is 420. The second-order valence-corrected chi connectivity index (χ2v) is 6.65. The van der Waals surface area contributed by atoms with Crippen LogP contribution in [0.25, 0.3) is 0 Å². The fraction of sp³-hybridized carbons (Fsp3) is 0.714. The maximum absolute atomic E-state index is 9.62. The zero-order chi connectivity index (χ0) is 13.9. The van der Waals surface area contributed by atoms with Crippen LogP contribution >= 0.6 is 11.8 Å². The van der Waals surface area contributed by atoms with Crippen LogP contribution in [0.1, 0.15) is 37.6 Å². The molecule has 0 saturated heterocycles. The molecule has 1 aromatic rings. The minimum Gasteiger partial charge on any atom is -0.394 e. The van der Waals surface area contributed by atoms with Gasteiger partial charge in [-0.1, -0.05) is 18.7 Å². The molecule has 0 bridgehead atoms. The molecule has 0 radical (unpaired) electrons. The van der Waals surface area contributed by atoms with Gasteiger partial charge in [0.05, 0.1) is 6.61 Å². The quantitative estimate of drug-likeness (QED) is 0.809. The van der Waals surface area contributed by atoms with Crippen LogP contribution < -0.4 is 5.32 Å². The fourth-order valence-electron chi connectivity index (χ4n) is 2.81. The summed E-state index contributed by atoms with van der Waals surface area (Å²) in [5.41, 5.74) is 1.95. The van der Waals surface area contributed by atoms with Crippen LogP contribution in [0.4, 0.5) is 0 Å². The average Bonchev–Trinajstić information content (AvgIpc) is 2.72. The molecule has 2 atom stereocenters. The van der Waals surface area contributed by atoms with Gasteiger partial charge in [-0.2, -0.15) is 0 Å². The van der Waals surface area contributed by atoms with Gasteiger partial charge >= 0.3 is 0 Å². The van der Waals surface area contributed by atoms with E-state index in [2.05, 4.69) is 22.2 Å². The van der Waals surface area contributed by atoms with Gasteiger partial charge in [-0.05, 0) is 45.7 Å². The molecule has 0 spiro atoms. The molecule has 0 aliphatic heterocycles. The normalized spacial score (nSPS) is 26.8. The van der Waals surface area contributed by atoms with Crippen molar-refractivity contribution in [2.45, 2.75) is 56.0 Å².